The summed E-state index contributed by atoms with van der Waals surface area (Å²) in [6, 6.07) is 0. The van der Waals surface area contributed by atoms with Gasteiger partial charge in [-0.1, -0.05) is 24.9 Å². The lowest BCUT2D eigenvalue weighted by Crippen LogP contribution is -2.22. The molecule has 1 rings (SSSR count). The molecule has 0 aromatic rings. The van der Waals surface area contributed by atoms with Gasteiger partial charge in [-0.2, -0.15) is 0 Å². The van der Waals surface area contributed by atoms with Crippen molar-refractivity contribution in [2.75, 3.05) is 7.11 Å². The Labute approximate surface area is 70.6 Å². The van der Waals surface area contributed by atoms with Crippen LogP contribution in [0.15, 0.2) is 0 Å². The number of epoxide rings is 1. The number of halogens is 1. The summed E-state index contributed by atoms with van der Waals surface area (Å²) in [7, 11) is 1.30. The first kappa shape index (κ1) is 8.81. The fraction of sp³-hybridized carbons (Fsp3) is 0.857. The third-order valence-electron chi connectivity index (χ3n) is 1.69. The van der Waals surface area contributed by atoms with Crippen molar-refractivity contribution in [1.82, 2.24) is 0 Å². The molecule has 0 amide bonds. The smallest absolute Gasteiger partial charge is 0.356 e. The number of esters is 1. The van der Waals surface area contributed by atoms with Gasteiger partial charge in [-0.25, -0.2) is 4.79 Å². The largest absolute Gasteiger partial charge is 0.466 e. The van der Waals surface area contributed by atoms with Gasteiger partial charge in [0.05, 0.1) is 7.11 Å². The second-order valence-electron chi connectivity index (χ2n) is 2.53. The molecule has 0 saturated carbocycles. The summed E-state index contributed by atoms with van der Waals surface area (Å²) in [5.41, 5.74) is 0. The van der Waals surface area contributed by atoms with Crippen LogP contribution in [-0.4, -0.2) is 24.2 Å². The van der Waals surface area contributed by atoms with Crippen molar-refractivity contribution in [3.05, 3.63) is 0 Å². The Morgan fingerprint density at radius 2 is 2.45 bits per heavy atom. The molecule has 0 aromatic heterocycles. The third-order valence-corrected chi connectivity index (χ3v) is 2.17. The molecular formula is C7H11ClO3. The molecule has 3 nitrogen and oxygen atoms in total. The van der Waals surface area contributed by atoms with E-state index in [2.05, 4.69) is 4.74 Å². The number of carbonyl (C=O) groups is 1. The molecule has 0 aliphatic carbocycles. The second-order valence-corrected chi connectivity index (χ2v) is 3.09. The molecule has 0 radical (unpaired) electrons. The van der Waals surface area contributed by atoms with Gasteiger partial charge in [0.25, 0.3) is 5.06 Å². The molecule has 1 aliphatic rings. The van der Waals surface area contributed by atoms with Crippen molar-refractivity contribution in [3.8, 4) is 0 Å². The summed E-state index contributed by atoms with van der Waals surface area (Å²) in [6.07, 6.45) is 1.61. The minimum atomic E-state index is -1.16. The molecule has 0 N–H and O–H groups in total. The van der Waals surface area contributed by atoms with E-state index in [1.165, 1.54) is 7.11 Å². The Balaban J connectivity index is 2.42. The van der Waals surface area contributed by atoms with Crippen molar-refractivity contribution < 1.29 is 14.3 Å². The van der Waals surface area contributed by atoms with E-state index in [0.717, 1.165) is 12.8 Å². The first-order chi connectivity index (χ1) is 5.15. The molecule has 1 saturated heterocycles. The van der Waals surface area contributed by atoms with Crippen LogP contribution in [0.5, 0.6) is 0 Å². The topological polar surface area (TPSA) is 38.8 Å². The van der Waals surface area contributed by atoms with Crippen LogP contribution in [0.2, 0.25) is 0 Å². The van der Waals surface area contributed by atoms with Gasteiger partial charge in [0.15, 0.2) is 0 Å². The molecule has 1 heterocycles. The number of rotatable bonds is 3. The molecule has 1 aliphatic heterocycles. The predicted molar refractivity (Wildman–Crippen MR) is 40.4 cm³/mol. The Kier molecular flexibility index (Phi) is 2.40. The van der Waals surface area contributed by atoms with Crippen molar-refractivity contribution in [2.24, 2.45) is 0 Å². The maximum Gasteiger partial charge on any atom is 0.356 e. The standard InChI is InChI=1S/C7H11ClO3/c1-3-4-5-7(8,11-5)6(9)10-2/h5H,3-4H2,1-2H3. The van der Waals surface area contributed by atoms with Gasteiger partial charge in [0, 0.05) is 0 Å². The first-order valence-corrected chi connectivity index (χ1v) is 3.98. The maximum atomic E-state index is 10.9. The molecule has 2 atom stereocenters. The third kappa shape index (κ3) is 1.49. The van der Waals surface area contributed by atoms with Crippen molar-refractivity contribution in [1.29, 1.82) is 0 Å². The van der Waals surface area contributed by atoms with Gasteiger partial charge in [0.1, 0.15) is 6.10 Å². The monoisotopic (exact) mass is 178 g/mol. The molecule has 0 aromatic carbocycles. The van der Waals surface area contributed by atoms with Gasteiger partial charge < -0.3 is 9.47 Å². The Morgan fingerprint density at radius 3 is 2.91 bits per heavy atom. The summed E-state index contributed by atoms with van der Waals surface area (Å²) in [5.74, 6) is -0.488. The SMILES string of the molecule is CCCC1OC1(Cl)C(=O)OC. The molecule has 1 fully saturated rings. The molecule has 4 heteroatoms. The molecule has 0 spiro atoms. The van der Waals surface area contributed by atoms with Crippen LogP contribution in [0.25, 0.3) is 0 Å². The van der Waals surface area contributed by atoms with Crippen molar-refractivity contribution >= 4 is 17.6 Å². The van der Waals surface area contributed by atoms with E-state index < -0.39 is 11.0 Å². The summed E-state index contributed by atoms with van der Waals surface area (Å²) in [6.45, 7) is 2.01. The van der Waals surface area contributed by atoms with Crippen LogP contribution in [0.4, 0.5) is 0 Å². The van der Waals surface area contributed by atoms with Gasteiger partial charge in [0.2, 0.25) is 0 Å². The first-order valence-electron chi connectivity index (χ1n) is 3.60. The fourth-order valence-corrected chi connectivity index (χ4v) is 1.29. The summed E-state index contributed by atoms with van der Waals surface area (Å²) in [4.78, 5) is 10.9. The second kappa shape index (κ2) is 2.99. The predicted octanol–water partition coefficient (Wildman–Crippen LogP) is 1.29. The van der Waals surface area contributed by atoms with E-state index in [1.54, 1.807) is 0 Å². The number of alkyl halides is 1. The van der Waals surface area contributed by atoms with E-state index in [1.807, 2.05) is 6.92 Å². The van der Waals surface area contributed by atoms with Gasteiger partial charge in [-0.3, -0.25) is 0 Å². The Bertz CT molecular complexity index is 171. The van der Waals surface area contributed by atoms with E-state index in [4.69, 9.17) is 16.3 Å². The fourth-order valence-electron chi connectivity index (χ4n) is 0.999. The molecule has 11 heavy (non-hydrogen) atoms. The number of hydrogen-bond acceptors (Lipinski definition) is 3. The van der Waals surface area contributed by atoms with Crippen molar-refractivity contribution in [2.45, 2.75) is 30.9 Å². The van der Waals surface area contributed by atoms with Crippen LogP contribution in [0.1, 0.15) is 19.8 Å². The molecule has 2 unspecified atom stereocenters. The number of carbonyl (C=O) groups excluding carboxylic acids is 1. The zero-order valence-corrected chi connectivity index (χ0v) is 7.35. The number of hydrogen-bond donors (Lipinski definition) is 0. The van der Waals surface area contributed by atoms with Crippen molar-refractivity contribution in [3.63, 3.8) is 0 Å². The highest BCUT2D eigenvalue weighted by Gasteiger charge is 2.62. The number of methoxy groups -OCH3 is 1. The van der Waals surface area contributed by atoms with Crippen LogP contribution < -0.4 is 0 Å². The van der Waals surface area contributed by atoms with Crippen LogP contribution in [-0.2, 0) is 14.3 Å². The van der Waals surface area contributed by atoms with Gasteiger partial charge in [-0.05, 0) is 6.42 Å². The van der Waals surface area contributed by atoms with Crippen LogP contribution in [0, 0.1) is 0 Å². The number of ether oxygens (including phenoxy) is 2. The zero-order chi connectivity index (χ0) is 8.48. The quantitative estimate of drug-likeness (QED) is 0.372. The van der Waals surface area contributed by atoms with E-state index in [0.29, 0.717) is 0 Å². The lowest BCUT2D eigenvalue weighted by atomic mass is 10.2. The molecule has 64 valence electrons. The van der Waals surface area contributed by atoms with Crippen LogP contribution >= 0.6 is 11.6 Å². The zero-order valence-electron chi connectivity index (χ0n) is 6.59. The van der Waals surface area contributed by atoms with Gasteiger partial charge in [-0.15, -0.1) is 0 Å². The normalized spacial score (nSPS) is 35.0. The Morgan fingerprint density at radius 1 is 1.82 bits per heavy atom. The summed E-state index contributed by atoms with van der Waals surface area (Å²) in [5, 5.41) is -1.16. The molecule has 0 bridgehead atoms. The average molecular weight is 179 g/mol. The average Bonchev–Trinajstić information content (AvgIpc) is 2.63. The lowest BCUT2D eigenvalue weighted by Gasteiger charge is -1.99. The Hall–Kier alpha value is -0.280. The molecular weight excluding hydrogens is 168 g/mol. The maximum absolute atomic E-state index is 10.9. The lowest BCUT2D eigenvalue weighted by molar-refractivity contribution is -0.143. The minimum Gasteiger partial charge on any atom is -0.466 e. The summed E-state index contributed by atoms with van der Waals surface area (Å²) >= 11 is 5.74. The highest BCUT2D eigenvalue weighted by Crippen LogP contribution is 2.44. The van der Waals surface area contributed by atoms with Crippen LogP contribution in [0.3, 0.4) is 0 Å². The highest BCUT2D eigenvalue weighted by atomic mass is 35.5. The van der Waals surface area contributed by atoms with E-state index in [9.17, 15) is 4.79 Å². The van der Waals surface area contributed by atoms with Gasteiger partial charge >= 0.3 is 5.97 Å². The highest BCUT2D eigenvalue weighted by molar-refractivity contribution is 6.35. The minimum absolute atomic E-state index is 0.151. The van der Waals surface area contributed by atoms with E-state index >= 15 is 0 Å². The van der Waals surface area contributed by atoms with E-state index in [-0.39, 0.29) is 6.10 Å². The summed E-state index contributed by atoms with van der Waals surface area (Å²) < 4.78 is 9.45.